The number of carbonyl (C=O) groups is 3. The molecule has 1 aliphatic heterocycles. The molecule has 1 heterocycles. The lowest BCUT2D eigenvalue weighted by molar-refractivity contribution is -0.133. The van der Waals surface area contributed by atoms with Crippen molar-refractivity contribution in [1.29, 1.82) is 0 Å². The van der Waals surface area contributed by atoms with Gasteiger partial charge in [0.15, 0.2) is 0 Å². The Hall–Kier alpha value is -2.83. The molecule has 0 radical (unpaired) electrons. The van der Waals surface area contributed by atoms with Gasteiger partial charge in [0.1, 0.15) is 5.60 Å². The third-order valence-electron chi connectivity index (χ3n) is 5.22. The molecule has 32 heavy (non-hydrogen) atoms. The third-order valence-corrected chi connectivity index (χ3v) is 5.22. The molecule has 7 nitrogen and oxygen atoms in total. The van der Waals surface area contributed by atoms with Gasteiger partial charge in [-0.1, -0.05) is 30.3 Å². The number of ether oxygens (including phenoxy) is 1. The molecule has 0 saturated carbocycles. The lowest BCUT2D eigenvalue weighted by atomic mass is 9.97. The fraction of sp³-hybridized carbons (Fsp3) is 0.560. The summed E-state index contributed by atoms with van der Waals surface area (Å²) in [5.74, 6) is -0.229. The summed E-state index contributed by atoms with van der Waals surface area (Å²) in [6.45, 7) is 11.2. The molecule has 7 heteroatoms. The highest BCUT2D eigenvalue weighted by molar-refractivity contribution is 5.94. The SMILES string of the molecule is CC(C)N(CC1CCCN(C(=O)CNC(=O)/C=C/c2ccccc2)C1)C(=O)OC(C)(C)C. The molecule has 1 N–H and O–H groups in total. The molecule has 1 aromatic carbocycles. The lowest BCUT2D eigenvalue weighted by Crippen LogP contribution is -2.49. The molecule has 0 aromatic heterocycles. The molecular weight excluding hydrogens is 406 g/mol. The Labute approximate surface area is 191 Å². The zero-order valence-corrected chi connectivity index (χ0v) is 20.0. The van der Waals surface area contributed by atoms with Crippen molar-refractivity contribution in [3.05, 3.63) is 42.0 Å². The van der Waals surface area contributed by atoms with Crippen LogP contribution in [0.3, 0.4) is 0 Å². The van der Waals surface area contributed by atoms with Gasteiger partial charge in [-0.15, -0.1) is 0 Å². The van der Waals surface area contributed by atoms with E-state index in [1.54, 1.807) is 15.9 Å². The van der Waals surface area contributed by atoms with Gasteiger partial charge in [-0.3, -0.25) is 9.59 Å². The Kier molecular flexibility index (Phi) is 9.29. The minimum atomic E-state index is -0.550. The van der Waals surface area contributed by atoms with Crippen molar-refractivity contribution in [3.8, 4) is 0 Å². The largest absolute Gasteiger partial charge is 0.444 e. The standard InChI is InChI=1S/C25H37N3O4/c1-19(2)28(24(31)32-25(3,4)5)18-21-12-9-15-27(17-21)23(30)16-26-22(29)14-13-20-10-7-6-8-11-20/h6-8,10-11,13-14,19,21H,9,12,15-18H2,1-5H3,(H,26,29)/b14-13+. The first-order chi connectivity index (χ1) is 15.0. The molecule has 1 aromatic rings. The van der Waals surface area contributed by atoms with Gasteiger partial charge in [0.25, 0.3) is 0 Å². The zero-order chi connectivity index (χ0) is 23.7. The van der Waals surface area contributed by atoms with E-state index in [0.717, 1.165) is 18.4 Å². The molecule has 1 aliphatic rings. The van der Waals surface area contributed by atoms with Crippen molar-refractivity contribution in [2.24, 2.45) is 5.92 Å². The van der Waals surface area contributed by atoms with E-state index in [4.69, 9.17) is 4.74 Å². The van der Waals surface area contributed by atoms with Crippen molar-refractivity contribution >= 4 is 24.0 Å². The van der Waals surface area contributed by atoms with E-state index in [1.165, 1.54) is 6.08 Å². The number of likely N-dealkylation sites (tertiary alicyclic amines) is 1. The van der Waals surface area contributed by atoms with Crippen LogP contribution in [0.2, 0.25) is 0 Å². The van der Waals surface area contributed by atoms with E-state index in [0.29, 0.717) is 19.6 Å². The van der Waals surface area contributed by atoms with Crippen LogP contribution in [0.5, 0.6) is 0 Å². The number of rotatable bonds is 7. The Bertz CT molecular complexity index is 799. The summed E-state index contributed by atoms with van der Waals surface area (Å²) in [6, 6.07) is 9.53. The summed E-state index contributed by atoms with van der Waals surface area (Å²) < 4.78 is 5.55. The van der Waals surface area contributed by atoms with E-state index in [2.05, 4.69) is 5.32 Å². The smallest absolute Gasteiger partial charge is 0.410 e. The van der Waals surface area contributed by atoms with E-state index < -0.39 is 5.60 Å². The highest BCUT2D eigenvalue weighted by atomic mass is 16.6. The number of hydrogen-bond acceptors (Lipinski definition) is 4. The first-order valence-electron chi connectivity index (χ1n) is 11.3. The van der Waals surface area contributed by atoms with E-state index in [1.807, 2.05) is 65.0 Å². The van der Waals surface area contributed by atoms with Crippen LogP contribution >= 0.6 is 0 Å². The molecule has 1 fully saturated rings. The van der Waals surface area contributed by atoms with Crippen molar-refractivity contribution in [2.45, 2.75) is 59.1 Å². The summed E-state index contributed by atoms with van der Waals surface area (Å²) in [5, 5.41) is 2.67. The molecule has 0 spiro atoms. The second kappa shape index (κ2) is 11.7. The summed E-state index contributed by atoms with van der Waals surface area (Å²) in [4.78, 5) is 40.8. The maximum Gasteiger partial charge on any atom is 0.410 e. The van der Waals surface area contributed by atoms with Crippen LogP contribution in [0, 0.1) is 5.92 Å². The summed E-state index contributed by atoms with van der Waals surface area (Å²) >= 11 is 0. The van der Waals surface area contributed by atoms with Crippen molar-refractivity contribution in [1.82, 2.24) is 15.1 Å². The number of amides is 3. The summed E-state index contributed by atoms with van der Waals surface area (Å²) in [6.07, 6.45) is 4.64. The van der Waals surface area contributed by atoms with Crippen molar-refractivity contribution in [2.75, 3.05) is 26.2 Å². The number of piperidine rings is 1. The first-order valence-corrected chi connectivity index (χ1v) is 11.3. The highest BCUT2D eigenvalue weighted by Gasteiger charge is 2.30. The molecule has 1 unspecified atom stereocenters. The van der Waals surface area contributed by atoms with Crippen LogP contribution < -0.4 is 5.32 Å². The quantitative estimate of drug-likeness (QED) is 0.652. The van der Waals surface area contributed by atoms with E-state index >= 15 is 0 Å². The highest BCUT2D eigenvalue weighted by Crippen LogP contribution is 2.20. The minimum absolute atomic E-state index is 0.00613. The molecule has 2 rings (SSSR count). The summed E-state index contributed by atoms with van der Waals surface area (Å²) in [5.41, 5.74) is 0.374. The lowest BCUT2D eigenvalue weighted by Gasteiger charge is -2.37. The van der Waals surface area contributed by atoms with Gasteiger partial charge in [0.05, 0.1) is 6.54 Å². The topological polar surface area (TPSA) is 79.0 Å². The zero-order valence-electron chi connectivity index (χ0n) is 20.0. The molecular formula is C25H37N3O4. The minimum Gasteiger partial charge on any atom is -0.444 e. The molecule has 0 bridgehead atoms. The van der Waals surface area contributed by atoms with Gasteiger partial charge in [-0.05, 0) is 65.0 Å². The second-order valence-corrected chi connectivity index (χ2v) is 9.54. The van der Waals surface area contributed by atoms with Crippen LogP contribution in [0.15, 0.2) is 36.4 Å². The Morgan fingerprint density at radius 2 is 1.91 bits per heavy atom. The Balaban J connectivity index is 1.85. The van der Waals surface area contributed by atoms with Crippen molar-refractivity contribution in [3.63, 3.8) is 0 Å². The molecule has 176 valence electrons. The normalized spacial score (nSPS) is 16.8. The van der Waals surface area contributed by atoms with Crippen LogP contribution in [-0.2, 0) is 14.3 Å². The van der Waals surface area contributed by atoms with Crippen molar-refractivity contribution < 1.29 is 19.1 Å². The van der Waals surface area contributed by atoms with Gasteiger partial charge < -0.3 is 19.9 Å². The number of nitrogens with zero attached hydrogens (tertiary/aromatic N) is 2. The van der Waals surface area contributed by atoms with Gasteiger partial charge in [-0.25, -0.2) is 4.79 Å². The number of carbonyl (C=O) groups excluding carboxylic acids is 3. The first kappa shape index (κ1) is 25.4. The fourth-order valence-electron chi connectivity index (χ4n) is 3.61. The van der Waals surface area contributed by atoms with Gasteiger partial charge >= 0.3 is 6.09 Å². The maximum atomic E-state index is 12.6. The average Bonchev–Trinajstić information content (AvgIpc) is 2.73. The average molecular weight is 444 g/mol. The molecule has 3 amide bonds. The number of nitrogens with one attached hydrogen (secondary N) is 1. The van der Waals surface area contributed by atoms with E-state index in [9.17, 15) is 14.4 Å². The summed E-state index contributed by atoms with van der Waals surface area (Å²) in [7, 11) is 0. The Morgan fingerprint density at radius 1 is 1.22 bits per heavy atom. The van der Waals surface area contributed by atoms with Gasteiger partial charge in [-0.2, -0.15) is 0 Å². The van der Waals surface area contributed by atoms with Gasteiger partial charge in [0.2, 0.25) is 11.8 Å². The molecule has 1 atom stereocenters. The third kappa shape index (κ3) is 8.73. The fourth-order valence-corrected chi connectivity index (χ4v) is 3.61. The van der Waals surface area contributed by atoms with Crippen LogP contribution in [0.25, 0.3) is 6.08 Å². The Morgan fingerprint density at radius 3 is 2.53 bits per heavy atom. The van der Waals surface area contributed by atoms with Crippen LogP contribution in [0.1, 0.15) is 53.0 Å². The number of hydrogen-bond donors (Lipinski definition) is 1. The monoisotopic (exact) mass is 443 g/mol. The van der Waals surface area contributed by atoms with Gasteiger partial charge in [0, 0.05) is 31.8 Å². The van der Waals surface area contributed by atoms with Crippen LogP contribution in [0.4, 0.5) is 4.79 Å². The van der Waals surface area contributed by atoms with E-state index in [-0.39, 0.29) is 36.4 Å². The second-order valence-electron chi connectivity index (χ2n) is 9.54. The molecule has 0 aliphatic carbocycles. The predicted octanol–water partition coefficient (Wildman–Crippen LogP) is 3.70. The maximum absolute atomic E-state index is 12.6. The number of benzene rings is 1. The molecule has 1 saturated heterocycles. The van der Waals surface area contributed by atoms with Crippen LogP contribution in [-0.4, -0.2) is 65.5 Å². The predicted molar refractivity (Wildman–Crippen MR) is 126 cm³/mol.